The highest BCUT2D eigenvalue weighted by atomic mass is 32.2. The van der Waals surface area contributed by atoms with Crippen LogP contribution in [0.4, 0.5) is 0 Å². The second-order valence-corrected chi connectivity index (χ2v) is 8.71. The number of rotatable bonds is 10. The first kappa shape index (κ1) is 24.3. The van der Waals surface area contributed by atoms with Crippen molar-refractivity contribution in [3.05, 3.63) is 65.5 Å². The summed E-state index contributed by atoms with van der Waals surface area (Å²) in [5.74, 6) is 2.10. The van der Waals surface area contributed by atoms with Gasteiger partial charge in [-0.3, -0.25) is 9.59 Å². The number of nitrogens with one attached hydrogen (secondary N) is 1. The van der Waals surface area contributed by atoms with Gasteiger partial charge in [-0.05, 0) is 54.4 Å². The third-order valence-corrected chi connectivity index (χ3v) is 6.22. The Kier molecular flexibility index (Phi) is 8.11. The molecule has 0 spiro atoms. The lowest BCUT2D eigenvalue weighted by atomic mass is 10.0. The highest BCUT2D eigenvalue weighted by molar-refractivity contribution is 7.99. The van der Waals surface area contributed by atoms with Crippen LogP contribution < -0.4 is 14.8 Å². The number of benzene rings is 2. The Labute approximate surface area is 197 Å². The van der Waals surface area contributed by atoms with Gasteiger partial charge in [0.15, 0.2) is 16.8 Å². The maximum atomic E-state index is 12.8. The summed E-state index contributed by atoms with van der Waals surface area (Å²) in [6, 6.07) is 13.6. The van der Waals surface area contributed by atoms with Crippen LogP contribution >= 0.6 is 11.8 Å². The van der Waals surface area contributed by atoms with E-state index in [0.29, 0.717) is 33.6 Å². The molecule has 0 bridgehead atoms. The zero-order chi connectivity index (χ0) is 24.0. The van der Waals surface area contributed by atoms with E-state index < -0.39 is 0 Å². The molecule has 3 aromatic rings. The second kappa shape index (κ2) is 11.0. The molecule has 0 saturated carbocycles. The van der Waals surface area contributed by atoms with Gasteiger partial charge >= 0.3 is 0 Å². The van der Waals surface area contributed by atoms with Crippen molar-refractivity contribution >= 4 is 23.5 Å². The van der Waals surface area contributed by atoms with E-state index >= 15 is 0 Å². The van der Waals surface area contributed by atoms with Crippen LogP contribution in [-0.2, 0) is 7.05 Å². The molecule has 0 aliphatic heterocycles. The predicted molar refractivity (Wildman–Crippen MR) is 127 cm³/mol. The summed E-state index contributed by atoms with van der Waals surface area (Å²) >= 11 is 1.31. The van der Waals surface area contributed by atoms with Crippen LogP contribution in [-0.4, -0.2) is 46.4 Å². The van der Waals surface area contributed by atoms with E-state index in [9.17, 15) is 9.59 Å². The number of ketones is 1. The molecule has 0 saturated heterocycles. The molecule has 174 valence electrons. The fourth-order valence-electron chi connectivity index (χ4n) is 3.21. The molecule has 0 aliphatic rings. The molecule has 1 aromatic heterocycles. The third kappa shape index (κ3) is 5.92. The summed E-state index contributed by atoms with van der Waals surface area (Å²) in [5.41, 5.74) is 1.14. The van der Waals surface area contributed by atoms with Crippen LogP contribution in [0.2, 0.25) is 0 Å². The van der Waals surface area contributed by atoms with Crippen LogP contribution in [0.3, 0.4) is 0 Å². The number of methoxy groups -OCH3 is 2. The molecule has 0 unspecified atom stereocenters. The summed E-state index contributed by atoms with van der Waals surface area (Å²) in [4.78, 5) is 25.3. The molecule has 1 N–H and O–H groups in total. The fraction of sp³-hybridized carbons (Fsp3) is 0.333. The Morgan fingerprint density at radius 3 is 2.00 bits per heavy atom. The average Bonchev–Trinajstić information content (AvgIpc) is 3.20. The maximum absolute atomic E-state index is 12.8. The maximum Gasteiger partial charge on any atom is 0.251 e. The largest absolute Gasteiger partial charge is 0.497 e. The van der Waals surface area contributed by atoms with Crippen LogP contribution in [0.15, 0.2) is 53.7 Å². The van der Waals surface area contributed by atoms with Crippen molar-refractivity contribution in [3.8, 4) is 11.5 Å². The van der Waals surface area contributed by atoms with Crippen molar-refractivity contribution in [2.75, 3.05) is 20.0 Å². The average molecular weight is 469 g/mol. The molecular formula is C24H28N4O4S. The molecular weight excluding hydrogens is 440 g/mol. The van der Waals surface area contributed by atoms with Gasteiger partial charge in [0.25, 0.3) is 5.91 Å². The molecule has 1 amide bonds. The highest BCUT2D eigenvalue weighted by Gasteiger charge is 2.25. The van der Waals surface area contributed by atoms with Gasteiger partial charge in [-0.15, -0.1) is 10.2 Å². The normalized spacial score (nSPS) is 11.8. The Morgan fingerprint density at radius 1 is 0.939 bits per heavy atom. The van der Waals surface area contributed by atoms with Crippen molar-refractivity contribution in [2.24, 2.45) is 13.0 Å². The lowest BCUT2D eigenvalue weighted by Crippen LogP contribution is -2.33. The number of hydrogen-bond acceptors (Lipinski definition) is 7. The Hall–Kier alpha value is -3.33. The standard InChI is InChI=1S/C24H28N4O4S/c1-15(2)21(25-23(30)17-8-12-19(32-5)13-9-17)22-26-27-24(28(22)3)33-14-20(29)16-6-10-18(31-4)11-7-16/h6-13,15,21H,14H2,1-5H3,(H,25,30)/t21-/m1/s1. The Bertz CT molecular complexity index is 1090. The van der Waals surface area contributed by atoms with E-state index in [1.54, 1.807) is 62.8 Å². The van der Waals surface area contributed by atoms with Crippen molar-refractivity contribution in [2.45, 2.75) is 25.0 Å². The first-order chi connectivity index (χ1) is 15.8. The number of amides is 1. The van der Waals surface area contributed by atoms with E-state index in [-0.39, 0.29) is 29.4 Å². The topological polar surface area (TPSA) is 95.3 Å². The van der Waals surface area contributed by atoms with Gasteiger partial charge in [0.2, 0.25) is 0 Å². The summed E-state index contributed by atoms with van der Waals surface area (Å²) in [6.45, 7) is 4.02. The summed E-state index contributed by atoms with van der Waals surface area (Å²) in [5, 5.41) is 12.2. The molecule has 1 heterocycles. The SMILES string of the molecule is COc1ccc(C(=O)CSc2nnc([C@H](NC(=O)c3ccc(OC)cc3)C(C)C)n2C)cc1. The van der Waals surface area contributed by atoms with Crippen molar-refractivity contribution in [3.63, 3.8) is 0 Å². The van der Waals surface area contributed by atoms with Crippen molar-refractivity contribution in [1.82, 2.24) is 20.1 Å². The minimum atomic E-state index is -0.344. The molecule has 0 radical (unpaired) electrons. The minimum absolute atomic E-state index is 0.0135. The van der Waals surface area contributed by atoms with Crippen molar-refractivity contribution < 1.29 is 19.1 Å². The summed E-state index contributed by atoms with van der Waals surface area (Å²) < 4.78 is 12.1. The highest BCUT2D eigenvalue weighted by Crippen LogP contribution is 2.25. The fourth-order valence-corrected chi connectivity index (χ4v) is 4.02. The monoisotopic (exact) mass is 468 g/mol. The second-order valence-electron chi connectivity index (χ2n) is 7.76. The molecule has 0 fully saturated rings. The van der Waals surface area contributed by atoms with Gasteiger partial charge in [0, 0.05) is 18.2 Å². The molecule has 0 aliphatic carbocycles. The number of carbonyl (C=O) groups is 2. The Balaban J connectivity index is 1.69. The van der Waals surface area contributed by atoms with E-state index in [1.807, 2.05) is 25.5 Å². The van der Waals surface area contributed by atoms with E-state index in [1.165, 1.54) is 11.8 Å². The zero-order valence-electron chi connectivity index (χ0n) is 19.4. The molecule has 8 nitrogen and oxygen atoms in total. The molecule has 33 heavy (non-hydrogen) atoms. The first-order valence-corrected chi connectivity index (χ1v) is 11.5. The summed E-state index contributed by atoms with van der Waals surface area (Å²) in [7, 11) is 5.00. The molecule has 2 aromatic carbocycles. The number of nitrogens with zero attached hydrogens (tertiary/aromatic N) is 3. The van der Waals surface area contributed by atoms with Gasteiger partial charge in [-0.2, -0.15) is 0 Å². The first-order valence-electron chi connectivity index (χ1n) is 10.5. The van der Waals surface area contributed by atoms with Gasteiger partial charge < -0.3 is 19.4 Å². The number of carbonyl (C=O) groups excluding carboxylic acids is 2. The molecule has 9 heteroatoms. The van der Waals surface area contributed by atoms with Crippen LogP contribution in [0.5, 0.6) is 11.5 Å². The smallest absolute Gasteiger partial charge is 0.251 e. The molecule has 3 rings (SSSR count). The Morgan fingerprint density at radius 2 is 1.48 bits per heavy atom. The molecule has 1 atom stereocenters. The van der Waals surface area contributed by atoms with Crippen LogP contribution in [0.1, 0.15) is 46.4 Å². The van der Waals surface area contributed by atoms with Gasteiger partial charge in [-0.25, -0.2) is 0 Å². The van der Waals surface area contributed by atoms with E-state index in [0.717, 1.165) is 0 Å². The van der Waals surface area contributed by atoms with Gasteiger partial charge in [0.1, 0.15) is 11.5 Å². The number of ether oxygens (including phenoxy) is 2. The lowest BCUT2D eigenvalue weighted by molar-refractivity contribution is 0.0921. The minimum Gasteiger partial charge on any atom is -0.497 e. The van der Waals surface area contributed by atoms with E-state index in [2.05, 4.69) is 15.5 Å². The third-order valence-electron chi connectivity index (χ3n) is 5.20. The lowest BCUT2D eigenvalue weighted by Gasteiger charge is -2.21. The predicted octanol–water partition coefficient (Wildman–Crippen LogP) is 3.93. The van der Waals surface area contributed by atoms with Gasteiger partial charge in [0.05, 0.1) is 26.0 Å². The number of thioether (sulfide) groups is 1. The van der Waals surface area contributed by atoms with Crippen LogP contribution in [0.25, 0.3) is 0 Å². The number of Topliss-reactive ketones (excluding diaryl/α,β-unsaturated/α-hetero) is 1. The van der Waals surface area contributed by atoms with Crippen LogP contribution in [0, 0.1) is 5.92 Å². The van der Waals surface area contributed by atoms with E-state index in [4.69, 9.17) is 9.47 Å². The zero-order valence-corrected chi connectivity index (χ0v) is 20.2. The quantitative estimate of drug-likeness (QED) is 0.356. The van der Waals surface area contributed by atoms with Gasteiger partial charge in [-0.1, -0.05) is 25.6 Å². The number of hydrogen-bond donors (Lipinski definition) is 1. The number of aromatic nitrogens is 3. The van der Waals surface area contributed by atoms with Crippen molar-refractivity contribution in [1.29, 1.82) is 0 Å². The summed E-state index contributed by atoms with van der Waals surface area (Å²) in [6.07, 6.45) is 0.